The van der Waals surface area contributed by atoms with Gasteiger partial charge in [-0.2, -0.15) is 4.31 Å². The Morgan fingerprint density at radius 2 is 1.93 bits per heavy atom. The van der Waals surface area contributed by atoms with E-state index in [1.54, 1.807) is 11.0 Å². The number of nitrogens with zero attached hydrogens (tertiary/aromatic N) is 2. The van der Waals surface area contributed by atoms with Crippen molar-refractivity contribution in [3.05, 3.63) is 21.9 Å². The van der Waals surface area contributed by atoms with Gasteiger partial charge in [0.2, 0.25) is 15.9 Å². The van der Waals surface area contributed by atoms with E-state index in [0.717, 1.165) is 17.7 Å². The molecule has 27 heavy (non-hydrogen) atoms. The van der Waals surface area contributed by atoms with Gasteiger partial charge in [-0.1, -0.05) is 12.8 Å². The minimum absolute atomic E-state index is 0.102. The minimum Gasteiger partial charge on any atom is -0.354 e. The summed E-state index contributed by atoms with van der Waals surface area (Å²) in [4.78, 5) is 28.8. The van der Waals surface area contributed by atoms with Crippen molar-refractivity contribution < 1.29 is 18.0 Å². The molecule has 2 atom stereocenters. The van der Waals surface area contributed by atoms with Gasteiger partial charge in [-0.15, -0.1) is 11.3 Å². The predicted octanol–water partition coefficient (Wildman–Crippen LogP) is 1.45. The number of aryl methyl sites for hydroxylation is 1. The molecule has 1 aliphatic heterocycles. The Morgan fingerprint density at radius 3 is 2.59 bits per heavy atom. The van der Waals surface area contributed by atoms with Gasteiger partial charge in [0.05, 0.1) is 17.1 Å². The van der Waals surface area contributed by atoms with Crippen LogP contribution >= 0.6 is 11.3 Å². The average molecular weight is 414 g/mol. The molecule has 7 nitrogen and oxygen atoms in total. The molecule has 2 unspecified atom stereocenters. The Labute approximate surface area is 164 Å². The van der Waals surface area contributed by atoms with Crippen molar-refractivity contribution in [2.45, 2.75) is 38.6 Å². The summed E-state index contributed by atoms with van der Waals surface area (Å²) in [5.41, 5.74) is 0. The smallest absolute Gasteiger partial charge is 0.264 e. The maximum Gasteiger partial charge on any atom is 0.264 e. The van der Waals surface area contributed by atoms with Crippen LogP contribution in [0.3, 0.4) is 0 Å². The number of sulfonamides is 1. The summed E-state index contributed by atoms with van der Waals surface area (Å²) >= 11 is 1.43. The highest BCUT2D eigenvalue weighted by molar-refractivity contribution is 7.88. The molecule has 2 fully saturated rings. The molecule has 1 saturated carbocycles. The van der Waals surface area contributed by atoms with Crippen LogP contribution in [0.25, 0.3) is 0 Å². The van der Waals surface area contributed by atoms with E-state index in [4.69, 9.17) is 0 Å². The number of thiophene rings is 1. The molecule has 1 aromatic rings. The van der Waals surface area contributed by atoms with Crippen LogP contribution in [-0.4, -0.2) is 67.9 Å². The summed E-state index contributed by atoms with van der Waals surface area (Å²) in [6.45, 7) is 3.25. The van der Waals surface area contributed by atoms with E-state index >= 15 is 0 Å². The second-order valence-corrected chi connectivity index (χ2v) is 10.5. The van der Waals surface area contributed by atoms with Gasteiger partial charge in [0, 0.05) is 37.1 Å². The van der Waals surface area contributed by atoms with Crippen molar-refractivity contribution in [3.63, 3.8) is 0 Å². The summed E-state index contributed by atoms with van der Waals surface area (Å²) in [6, 6.07) is 3.37. The molecule has 0 bridgehead atoms. The summed E-state index contributed by atoms with van der Waals surface area (Å²) in [5, 5.41) is 2.91. The van der Waals surface area contributed by atoms with E-state index in [9.17, 15) is 18.0 Å². The molecule has 9 heteroatoms. The SMILES string of the molecule is Cc1ccc(C(=O)N2CCNC(=O)C3CCCCC3N(S(C)(=O)=O)CC2)s1. The first-order valence-corrected chi connectivity index (χ1v) is 12.0. The maximum absolute atomic E-state index is 12.9. The van der Waals surface area contributed by atoms with Gasteiger partial charge < -0.3 is 10.2 Å². The van der Waals surface area contributed by atoms with Gasteiger partial charge in [-0.05, 0) is 31.9 Å². The van der Waals surface area contributed by atoms with E-state index < -0.39 is 10.0 Å². The number of amides is 2. The number of rotatable bonds is 2. The Balaban J connectivity index is 1.85. The molecule has 1 saturated heterocycles. The largest absolute Gasteiger partial charge is 0.354 e. The third kappa shape index (κ3) is 4.70. The first-order valence-electron chi connectivity index (χ1n) is 9.37. The molecule has 2 amide bonds. The van der Waals surface area contributed by atoms with Crippen molar-refractivity contribution in [3.8, 4) is 0 Å². The Kier molecular flexibility index (Phi) is 6.22. The van der Waals surface area contributed by atoms with Crippen LogP contribution in [0.4, 0.5) is 0 Å². The molecule has 150 valence electrons. The fraction of sp³-hybridized carbons (Fsp3) is 0.667. The van der Waals surface area contributed by atoms with E-state index in [0.29, 0.717) is 37.4 Å². The topological polar surface area (TPSA) is 86.8 Å². The van der Waals surface area contributed by atoms with Gasteiger partial charge in [-0.25, -0.2) is 8.42 Å². The van der Waals surface area contributed by atoms with Gasteiger partial charge in [0.25, 0.3) is 5.91 Å². The third-order valence-corrected chi connectivity index (χ3v) is 7.67. The fourth-order valence-corrected chi connectivity index (χ4v) is 6.02. The molecular weight excluding hydrogens is 386 g/mol. The fourth-order valence-electron chi connectivity index (χ4n) is 4.02. The van der Waals surface area contributed by atoms with Crippen LogP contribution in [0.5, 0.6) is 0 Å². The van der Waals surface area contributed by atoms with Crippen molar-refractivity contribution in [2.24, 2.45) is 5.92 Å². The predicted molar refractivity (Wildman–Crippen MR) is 105 cm³/mol. The summed E-state index contributed by atoms with van der Waals surface area (Å²) in [5.74, 6) is -0.526. The maximum atomic E-state index is 12.9. The first-order chi connectivity index (χ1) is 12.8. The molecule has 2 aliphatic rings. The molecule has 1 aromatic heterocycles. The molecule has 0 aromatic carbocycles. The van der Waals surface area contributed by atoms with Crippen LogP contribution in [0.15, 0.2) is 12.1 Å². The van der Waals surface area contributed by atoms with Crippen LogP contribution in [0.1, 0.15) is 40.2 Å². The van der Waals surface area contributed by atoms with Crippen molar-refractivity contribution >= 4 is 33.2 Å². The van der Waals surface area contributed by atoms with E-state index in [-0.39, 0.29) is 30.3 Å². The highest BCUT2D eigenvalue weighted by atomic mass is 32.2. The Hall–Kier alpha value is -1.45. The van der Waals surface area contributed by atoms with Gasteiger partial charge >= 0.3 is 0 Å². The number of carbonyl (C=O) groups excluding carboxylic acids is 2. The number of hydrogen-bond acceptors (Lipinski definition) is 5. The van der Waals surface area contributed by atoms with E-state index in [1.165, 1.54) is 21.9 Å². The highest BCUT2D eigenvalue weighted by Crippen LogP contribution is 2.30. The van der Waals surface area contributed by atoms with Crippen LogP contribution in [0, 0.1) is 12.8 Å². The van der Waals surface area contributed by atoms with Crippen molar-refractivity contribution in [1.82, 2.24) is 14.5 Å². The molecule has 0 spiro atoms. The van der Waals surface area contributed by atoms with Gasteiger partial charge in [-0.3, -0.25) is 9.59 Å². The molecule has 1 aliphatic carbocycles. The standard InChI is InChI=1S/C18H27N3O4S2/c1-13-7-8-16(26-13)18(23)20-10-9-19-17(22)14-5-3-4-6-15(14)21(12-11-20)27(2,24)25/h7-8,14-15H,3-6,9-12H2,1-2H3,(H,19,22). The van der Waals surface area contributed by atoms with Gasteiger partial charge in [0.15, 0.2) is 0 Å². The van der Waals surface area contributed by atoms with Crippen LogP contribution < -0.4 is 5.32 Å². The Morgan fingerprint density at radius 1 is 1.19 bits per heavy atom. The first kappa shape index (κ1) is 20.3. The number of fused-ring (bicyclic) bond motifs is 1. The third-order valence-electron chi connectivity index (χ3n) is 5.37. The minimum atomic E-state index is -3.48. The lowest BCUT2D eigenvalue weighted by Gasteiger charge is -2.39. The molecular formula is C18H27N3O4S2. The Bertz CT molecular complexity index is 805. The van der Waals surface area contributed by atoms with Crippen LogP contribution in [0.2, 0.25) is 0 Å². The zero-order chi connectivity index (χ0) is 19.6. The van der Waals surface area contributed by atoms with Crippen LogP contribution in [-0.2, 0) is 14.8 Å². The molecule has 0 radical (unpaired) electrons. The quantitative estimate of drug-likeness (QED) is 0.795. The average Bonchev–Trinajstić information content (AvgIpc) is 3.05. The zero-order valence-corrected chi connectivity index (χ0v) is 17.4. The highest BCUT2D eigenvalue weighted by Gasteiger charge is 2.39. The monoisotopic (exact) mass is 413 g/mol. The van der Waals surface area contributed by atoms with Crippen molar-refractivity contribution in [2.75, 3.05) is 32.4 Å². The lowest BCUT2D eigenvalue weighted by atomic mass is 9.83. The summed E-state index contributed by atoms with van der Waals surface area (Å²) in [6.07, 6.45) is 4.44. The number of carbonyl (C=O) groups is 2. The van der Waals surface area contributed by atoms with Crippen molar-refractivity contribution in [1.29, 1.82) is 0 Å². The zero-order valence-electron chi connectivity index (χ0n) is 15.8. The second-order valence-electron chi connectivity index (χ2n) is 7.33. The second kappa shape index (κ2) is 8.28. The normalized spacial score (nSPS) is 25.6. The molecule has 3 rings (SSSR count). The van der Waals surface area contributed by atoms with Gasteiger partial charge in [0.1, 0.15) is 0 Å². The summed E-state index contributed by atoms with van der Waals surface area (Å²) in [7, 11) is -3.48. The van der Waals surface area contributed by atoms with E-state index in [1.807, 2.05) is 13.0 Å². The lowest BCUT2D eigenvalue weighted by molar-refractivity contribution is -0.127. The lowest BCUT2D eigenvalue weighted by Crippen LogP contribution is -2.55. The number of nitrogens with one attached hydrogen (secondary N) is 1. The van der Waals surface area contributed by atoms with E-state index in [2.05, 4.69) is 5.32 Å². The molecule has 2 heterocycles. The number of hydrogen-bond donors (Lipinski definition) is 1. The molecule has 1 N–H and O–H groups in total. The summed E-state index contributed by atoms with van der Waals surface area (Å²) < 4.78 is 26.4.